The Balaban J connectivity index is 2.74. The molecule has 0 aliphatic carbocycles. The summed E-state index contributed by atoms with van der Waals surface area (Å²) in [5.41, 5.74) is 6.01. The van der Waals surface area contributed by atoms with Crippen LogP contribution in [0.5, 0.6) is 0 Å². The van der Waals surface area contributed by atoms with Gasteiger partial charge in [-0.25, -0.2) is 0 Å². The molecule has 0 aliphatic rings. The van der Waals surface area contributed by atoms with Crippen molar-refractivity contribution in [1.82, 2.24) is 14.9 Å². The maximum Gasteiger partial charge on any atom is 0.264 e. The van der Waals surface area contributed by atoms with Gasteiger partial charge in [-0.1, -0.05) is 44.4 Å². The van der Waals surface area contributed by atoms with E-state index in [1.807, 2.05) is 27.7 Å². The number of aromatic nitrogens is 2. The number of nitrogens with two attached hydrogens (primary N) is 1. The topological polar surface area (TPSA) is 80.9 Å². The number of thiocarbonyl (C=S) groups is 1. The van der Waals surface area contributed by atoms with E-state index in [1.165, 1.54) is 0 Å². The molecule has 18 heavy (non-hydrogen) atoms. The molecular formula is C11H18N4OS2. The lowest BCUT2D eigenvalue weighted by Crippen LogP contribution is -2.34. The van der Waals surface area contributed by atoms with Crippen LogP contribution in [0, 0.1) is 5.92 Å². The van der Waals surface area contributed by atoms with Gasteiger partial charge in [-0.2, -0.15) is 0 Å². The lowest BCUT2D eigenvalue weighted by Gasteiger charge is -2.16. The van der Waals surface area contributed by atoms with E-state index in [0.29, 0.717) is 22.1 Å². The van der Waals surface area contributed by atoms with Gasteiger partial charge in [-0.3, -0.25) is 4.79 Å². The molecule has 1 rings (SSSR count). The first-order valence-corrected chi connectivity index (χ1v) is 6.82. The summed E-state index contributed by atoms with van der Waals surface area (Å²) in [4.78, 5) is 13.0. The van der Waals surface area contributed by atoms with Crippen LogP contribution in [0.3, 0.4) is 0 Å². The molecule has 1 amide bonds. The smallest absolute Gasteiger partial charge is 0.264 e. The van der Waals surface area contributed by atoms with Crippen LogP contribution in [0.1, 0.15) is 43.1 Å². The average Bonchev–Trinajstić information content (AvgIpc) is 2.73. The van der Waals surface area contributed by atoms with E-state index in [4.69, 9.17) is 18.0 Å². The summed E-state index contributed by atoms with van der Waals surface area (Å²) >= 11 is 5.97. The Kier molecular flexibility index (Phi) is 4.75. The fourth-order valence-electron chi connectivity index (χ4n) is 1.26. The Morgan fingerprint density at radius 3 is 2.67 bits per heavy atom. The minimum atomic E-state index is -0.200. The van der Waals surface area contributed by atoms with Gasteiger partial charge in [0.1, 0.15) is 4.88 Å². The standard InChI is InChI=1S/C11H18N4OS2/c1-6(9(12)17)5-13-10(16)7-8(11(2,3)4)14-15-18-7/h6H,5H2,1-4H3,(H2,12,17)(H,13,16). The van der Waals surface area contributed by atoms with Gasteiger partial charge >= 0.3 is 0 Å². The SMILES string of the molecule is CC(CNC(=O)c1snnc1C(C)(C)C)C(N)=S. The first-order chi connectivity index (χ1) is 8.23. The second-order valence-corrected chi connectivity index (χ2v) is 6.44. The average molecular weight is 286 g/mol. The second-order valence-electron chi connectivity index (χ2n) is 5.21. The van der Waals surface area contributed by atoms with Crippen molar-refractivity contribution < 1.29 is 4.79 Å². The third kappa shape index (κ3) is 3.71. The third-order valence-corrected chi connectivity index (χ3v) is 3.59. The molecule has 0 aliphatic heterocycles. The number of nitrogens with zero attached hydrogens (tertiary/aromatic N) is 2. The van der Waals surface area contributed by atoms with Crippen LogP contribution in [0.15, 0.2) is 0 Å². The van der Waals surface area contributed by atoms with Crippen molar-refractivity contribution in [2.75, 3.05) is 6.54 Å². The molecule has 5 nitrogen and oxygen atoms in total. The molecule has 0 saturated carbocycles. The number of carbonyl (C=O) groups excluding carboxylic acids is 1. The molecular weight excluding hydrogens is 268 g/mol. The van der Waals surface area contributed by atoms with Gasteiger partial charge in [0.15, 0.2) is 0 Å². The normalized spacial score (nSPS) is 13.1. The highest BCUT2D eigenvalue weighted by molar-refractivity contribution is 7.80. The molecule has 1 heterocycles. The van der Waals surface area contributed by atoms with Gasteiger partial charge in [0.25, 0.3) is 5.91 Å². The largest absolute Gasteiger partial charge is 0.393 e. The Labute approximate surface area is 116 Å². The number of hydrogen-bond acceptors (Lipinski definition) is 5. The molecule has 1 unspecified atom stereocenters. The van der Waals surface area contributed by atoms with Gasteiger partial charge in [0.05, 0.1) is 10.7 Å². The van der Waals surface area contributed by atoms with Crippen LogP contribution in [-0.4, -0.2) is 27.0 Å². The van der Waals surface area contributed by atoms with E-state index in [2.05, 4.69) is 14.9 Å². The molecule has 0 saturated heterocycles. The van der Waals surface area contributed by atoms with Gasteiger partial charge in [-0.15, -0.1) is 5.10 Å². The molecule has 0 spiro atoms. The predicted octanol–water partition coefficient (Wildman–Crippen LogP) is 1.49. The highest BCUT2D eigenvalue weighted by atomic mass is 32.1. The summed E-state index contributed by atoms with van der Waals surface area (Å²) in [6, 6.07) is 0. The van der Waals surface area contributed by atoms with Crippen LogP contribution in [0.25, 0.3) is 0 Å². The molecule has 0 aromatic carbocycles. The fourth-order valence-corrected chi connectivity index (χ4v) is 2.13. The number of amides is 1. The predicted molar refractivity (Wildman–Crippen MR) is 76.9 cm³/mol. The summed E-state index contributed by atoms with van der Waals surface area (Å²) in [7, 11) is 0. The maximum absolute atomic E-state index is 12.0. The van der Waals surface area contributed by atoms with E-state index in [-0.39, 0.29) is 17.2 Å². The maximum atomic E-state index is 12.0. The molecule has 1 aromatic heterocycles. The van der Waals surface area contributed by atoms with Crippen molar-refractivity contribution >= 4 is 34.6 Å². The van der Waals surface area contributed by atoms with Gasteiger partial charge in [-0.05, 0) is 11.5 Å². The van der Waals surface area contributed by atoms with Crippen LogP contribution in [0.4, 0.5) is 0 Å². The second kappa shape index (κ2) is 5.71. The van der Waals surface area contributed by atoms with Crippen molar-refractivity contribution in [1.29, 1.82) is 0 Å². The van der Waals surface area contributed by atoms with Crippen LogP contribution in [0.2, 0.25) is 0 Å². The zero-order valence-corrected chi connectivity index (χ0v) is 12.6. The Morgan fingerprint density at radius 1 is 1.56 bits per heavy atom. The number of rotatable bonds is 4. The Bertz CT molecular complexity index is 450. The minimum absolute atomic E-state index is 0.0251. The van der Waals surface area contributed by atoms with Gasteiger partial charge in [0, 0.05) is 17.9 Å². The molecule has 3 N–H and O–H groups in total. The quantitative estimate of drug-likeness (QED) is 0.820. The van der Waals surface area contributed by atoms with Crippen molar-refractivity contribution in [2.45, 2.75) is 33.1 Å². The van der Waals surface area contributed by atoms with E-state index in [9.17, 15) is 4.79 Å². The number of carbonyl (C=O) groups is 1. The monoisotopic (exact) mass is 286 g/mol. The molecule has 0 bridgehead atoms. The Hall–Kier alpha value is -1.08. The highest BCUT2D eigenvalue weighted by Gasteiger charge is 2.26. The van der Waals surface area contributed by atoms with Crippen molar-refractivity contribution in [3.8, 4) is 0 Å². The lowest BCUT2D eigenvalue weighted by atomic mass is 9.91. The highest BCUT2D eigenvalue weighted by Crippen LogP contribution is 2.25. The zero-order valence-electron chi connectivity index (χ0n) is 11.0. The summed E-state index contributed by atoms with van der Waals surface area (Å²) in [5.74, 6) is -0.194. The molecule has 7 heteroatoms. The number of nitrogens with one attached hydrogen (secondary N) is 1. The van der Waals surface area contributed by atoms with Gasteiger partial charge < -0.3 is 11.1 Å². The van der Waals surface area contributed by atoms with E-state index >= 15 is 0 Å². The van der Waals surface area contributed by atoms with Crippen molar-refractivity contribution in [3.05, 3.63) is 10.6 Å². The lowest BCUT2D eigenvalue weighted by molar-refractivity contribution is 0.0953. The first-order valence-electron chi connectivity index (χ1n) is 5.64. The van der Waals surface area contributed by atoms with E-state index < -0.39 is 0 Å². The summed E-state index contributed by atoms with van der Waals surface area (Å²) in [5, 5.41) is 6.83. The van der Waals surface area contributed by atoms with Gasteiger partial charge in [0.2, 0.25) is 0 Å². The third-order valence-electron chi connectivity index (χ3n) is 2.46. The summed E-state index contributed by atoms with van der Waals surface area (Å²) in [6.45, 7) is 8.29. The molecule has 1 atom stereocenters. The summed E-state index contributed by atoms with van der Waals surface area (Å²) in [6.07, 6.45) is 0. The Morgan fingerprint density at radius 2 is 2.17 bits per heavy atom. The zero-order chi connectivity index (χ0) is 13.9. The van der Waals surface area contributed by atoms with Crippen molar-refractivity contribution in [2.24, 2.45) is 11.7 Å². The van der Waals surface area contributed by atoms with Crippen LogP contribution >= 0.6 is 23.8 Å². The van der Waals surface area contributed by atoms with Crippen molar-refractivity contribution in [3.63, 3.8) is 0 Å². The fraction of sp³-hybridized carbons (Fsp3) is 0.636. The van der Waals surface area contributed by atoms with E-state index in [1.54, 1.807) is 0 Å². The minimum Gasteiger partial charge on any atom is -0.393 e. The molecule has 0 fully saturated rings. The molecule has 0 radical (unpaired) electrons. The first kappa shape index (κ1) is 15.0. The number of hydrogen-bond donors (Lipinski definition) is 2. The van der Waals surface area contributed by atoms with Crippen LogP contribution in [-0.2, 0) is 5.41 Å². The van der Waals surface area contributed by atoms with Crippen LogP contribution < -0.4 is 11.1 Å². The summed E-state index contributed by atoms with van der Waals surface area (Å²) < 4.78 is 3.85. The molecule has 100 valence electrons. The van der Waals surface area contributed by atoms with E-state index in [0.717, 1.165) is 11.5 Å². The molecule has 1 aromatic rings.